The molecule has 138 valence electrons. The molecule has 0 spiro atoms. The van der Waals surface area contributed by atoms with Gasteiger partial charge in [0.25, 0.3) is 0 Å². The molecule has 2 saturated carbocycles. The Balaban J connectivity index is 1.47. The number of ether oxygens (including phenoxy) is 1. The molecule has 1 aromatic rings. The third-order valence-electron chi connectivity index (χ3n) is 6.18. The van der Waals surface area contributed by atoms with Crippen LogP contribution in [-0.4, -0.2) is 6.61 Å². The molecule has 0 amide bonds. The molecule has 2 fully saturated rings. The minimum Gasteiger partial charge on any atom is -0.435 e. The Labute approximate surface area is 154 Å². The highest BCUT2D eigenvalue weighted by atomic mass is 35.5. The minimum atomic E-state index is -2.75. The van der Waals surface area contributed by atoms with Gasteiger partial charge in [0.1, 0.15) is 5.75 Å². The maximum Gasteiger partial charge on any atom is 0.387 e. The molecule has 0 atom stereocenters. The van der Waals surface area contributed by atoms with Crippen LogP contribution in [0.5, 0.6) is 5.75 Å². The molecule has 2 aliphatic carbocycles. The third-order valence-corrected chi connectivity index (χ3v) is 6.32. The molecule has 25 heavy (non-hydrogen) atoms. The fourth-order valence-electron chi connectivity index (χ4n) is 4.76. The molecule has 0 radical (unpaired) electrons. The predicted octanol–water partition coefficient (Wildman–Crippen LogP) is 7.12. The van der Waals surface area contributed by atoms with Crippen molar-refractivity contribution in [2.75, 3.05) is 0 Å². The van der Waals surface area contributed by atoms with E-state index in [1.165, 1.54) is 56.9 Å². The predicted molar refractivity (Wildman–Crippen MR) is 98.2 cm³/mol. The summed E-state index contributed by atoms with van der Waals surface area (Å²) in [4.78, 5) is 0. The molecule has 0 aromatic heterocycles. The van der Waals surface area contributed by atoms with E-state index in [0.717, 1.165) is 11.8 Å². The van der Waals surface area contributed by atoms with Gasteiger partial charge in [0.15, 0.2) is 0 Å². The number of halogens is 3. The first-order chi connectivity index (χ1) is 12.2. The van der Waals surface area contributed by atoms with Crippen LogP contribution in [0.2, 0.25) is 0 Å². The molecule has 0 unspecified atom stereocenters. The van der Waals surface area contributed by atoms with Crippen LogP contribution in [0, 0.1) is 17.8 Å². The van der Waals surface area contributed by atoms with Gasteiger partial charge in [-0.15, -0.1) is 0 Å². The van der Waals surface area contributed by atoms with E-state index >= 15 is 0 Å². The van der Waals surface area contributed by atoms with Crippen molar-refractivity contribution in [2.24, 2.45) is 17.8 Å². The quantitative estimate of drug-likeness (QED) is 0.537. The molecular weight excluding hydrogens is 342 g/mol. The van der Waals surface area contributed by atoms with Crippen molar-refractivity contribution < 1.29 is 13.5 Å². The zero-order chi connectivity index (χ0) is 17.6. The third kappa shape index (κ3) is 5.20. The monoisotopic (exact) mass is 368 g/mol. The molecule has 0 bridgehead atoms. The standard InChI is InChI=1S/C21H27ClF2O/c22-14-13-15-1-3-16(4-2-15)17-5-7-18(8-6-17)19-9-11-20(12-10-19)25-21(23)24/h9-18,21H,1-8H2. The molecule has 2 aliphatic rings. The topological polar surface area (TPSA) is 9.23 Å². The lowest BCUT2D eigenvalue weighted by molar-refractivity contribution is -0.0498. The van der Waals surface area contributed by atoms with Gasteiger partial charge in [-0.05, 0) is 92.7 Å². The number of rotatable bonds is 5. The molecule has 0 N–H and O–H groups in total. The molecule has 1 aromatic carbocycles. The van der Waals surface area contributed by atoms with Gasteiger partial charge < -0.3 is 4.74 Å². The molecule has 1 nitrogen and oxygen atoms in total. The van der Waals surface area contributed by atoms with E-state index in [1.54, 1.807) is 17.7 Å². The second kappa shape index (κ2) is 9.02. The van der Waals surface area contributed by atoms with Gasteiger partial charge in [0, 0.05) is 5.54 Å². The minimum absolute atomic E-state index is 0.246. The largest absolute Gasteiger partial charge is 0.435 e. The summed E-state index contributed by atoms with van der Waals surface area (Å²) >= 11 is 5.70. The fraction of sp³-hybridized carbons (Fsp3) is 0.619. The van der Waals surface area contributed by atoms with E-state index in [9.17, 15) is 8.78 Å². The van der Waals surface area contributed by atoms with Gasteiger partial charge in [-0.25, -0.2) is 0 Å². The smallest absolute Gasteiger partial charge is 0.387 e. The Bertz CT molecular complexity index is 542. The lowest BCUT2D eigenvalue weighted by Gasteiger charge is -2.37. The zero-order valence-electron chi connectivity index (χ0n) is 14.5. The fourth-order valence-corrected chi connectivity index (χ4v) is 4.96. The highest BCUT2D eigenvalue weighted by Crippen LogP contribution is 2.44. The first-order valence-electron chi connectivity index (χ1n) is 9.47. The Morgan fingerprint density at radius 3 is 1.96 bits per heavy atom. The summed E-state index contributed by atoms with van der Waals surface area (Å²) in [5.41, 5.74) is 2.93. The van der Waals surface area contributed by atoms with E-state index < -0.39 is 6.61 Å². The van der Waals surface area contributed by atoms with Crippen molar-refractivity contribution in [3.05, 3.63) is 41.4 Å². The van der Waals surface area contributed by atoms with E-state index in [-0.39, 0.29) is 5.75 Å². The average molecular weight is 369 g/mol. The normalized spacial score (nSPS) is 30.7. The molecule has 4 heteroatoms. The number of allylic oxidation sites excluding steroid dienone is 1. The number of hydrogen-bond donors (Lipinski definition) is 0. The van der Waals surface area contributed by atoms with Crippen LogP contribution in [0.25, 0.3) is 0 Å². The van der Waals surface area contributed by atoms with Crippen molar-refractivity contribution in [3.63, 3.8) is 0 Å². The summed E-state index contributed by atoms with van der Waals surface area (Å²) < 4.78 is 28.9. The molecule has 3 rings (SSSR count). The second-order valence-electron chi connectivity index (χ2n) is 7.55. The Kier molecular flexibility index (Phi) is 6.75. The first kappa shape index (κ1) is 18.7. The maximum absolute atomic E-state index is 12.2. The summed E-state index contributed by atoms with van der Waals surface area (Å²) in [7, 11) is 0. The summed E-state index contributed by atoms with van der Waals surface area (Å²) in [5.74, 6) is 3.22. The van der Waals surface area contributed by atoms with Gasteiger partial charge in [0.2, 0.25) is 0 Å². The van der Waals surface area contributed by atoms with E-state index in [1.807, 2.05) is 12.1 Å². The Hall–Kier alpha value is -1.09. The van der Waals surface area contributed by atoms with Crippen molar-refractivity contribution >= 4 is 11.6 Å². The highest BCUT2D eigenvalue weighted by molar-refractivity contribution is 6.25. The lowest BCUT2D eigenvalue weighted by Crippen LogP contribution is -2.25. The molecule has 0 saturated heterocycles. The Morgan fingerprint density at radius 2 is 1.44 bits per heavy atom. The van der Waals surface area contributed by atoms with Crippen molar-refractivity contribution in [1.29, 1.82) is 0 Å². The van der Waals surface area contributed by atoms with Crippen molar-refractivity contribution in [2.45, 2.75) is 63.9 Å². The number of alkyl halides is 2. The van der Waals surface area contributed by atoms with Crippen LogP contribution in [0.4, 0.5) is 8.78 Å². The molecule has 0 aliphatic heterocycles. The van der Waals surface area contributed by atoms with E-state index in [2.05, 4.69) is 10.8 Å². The Morgan fingerprint density at radius 1 is 0.880 bits per heavy atom. The van der Waals surface area contributed by atoms with Gasteiger partial charge in [-0.3, -0.25) is 0 Å². The highest BCUT2D eigenvalue weighted by Gasteiger charge is 2.30. The van der Waals surface area contributed by atoms with Crippen LogP contribution in [0.3, 0.4) is 0 Å². The number of benzene rings is 1. The summed E-state index contributed by atoms with van der Waals surface area (Å²) in [6, 6.07) is 7.23. The lowest BCUT2D eigenvalue weighted by atomic mass is 9.68. The van der Waals surface area contributed by atoms with Gasteiger partial charge >= 0.3 is 6.61 Å². The summed E-state index contributed by atoms with van der Waals surface area (Å²) in [6.07, 6.45) is 12.4. The SMILES string of the molecule is FC(F)Oc1ccc(C2CCC(C3CCC(C=CCl)CC3)CC2)cc1. The van der Waals surface area contributed by atoms with Crippen LogP contribution in [-0.2, 0) is 0 Å². The summed E-state index contributed by atoms with van der Waals surface area (Å²) in [5, 5.41) is 0. The van der Waals surface area contributed by atoms with E-state index in [0.29, 0.717) is 11.8 Å². The van der Waals surface area contributed by atoms with Crippen molar-refractivity contribution in [3.8, 4) is 5.75 Å². The number of hydrogen-bond acceptors (Lipinski definition) is 1. The second-order valence-corrected chi connectivity index (χ2v) is 7.80. The van der Waals surface area contributed by atoms with Gasteiger partial charge in [0.05, 0.1) is 0 Å². The molecule has 0 heterocycles. The van der Waals surface area contributed by atoms with Crippen LogP contribution in [0.1, 0.15) is 62.8 Å². The molecular formula is C21H27ClF2O. The van der Waals surface area contributed by atoms with Crippen LogP contribution >= 0.6 is 11.6 Å². The van der Waals surface area contributed by atoms with Crippen LogP contribution in [0.15, 0.2) is 35.9 Å². The van der Waals surface area contributed by atoms with Gasteiger partial charge in [-0.1, -0.05) is 29.8 Å². The van der Waals surface area contributed by atoms with Gasteiger partial charge in [-0.2, -0.15) is 8.78 Å². The average Bonchev–Trinajstić information content (AvgIpc) is 2.63. The van der Waals surface area contributed by atoms with Crippen molar-refractivity contribution in [1.82, 2.24) is 0 Å². The summed E-state index contributed by atoms with van der Waals surface area (Å²) in [6.45, 7) is -2.75. The maximum atomic E-state index is 12.2. The first-order valence-corrected chi connectivity index (χ1v) is 9.91. The zero-order valence-corrected chi connectivity index (χ0v) is 15.3. The van der Waals surface area contributed by atoms with E-state index in [4.69, 9.17) is 11.6 Å². The van der Waals surface area contributed by atoms with Crippen LogP contribution < -0.4 is 4.74 Å².